The molecule has 1 fully saturated rings. The van der Waals surface area contributed by atoms with Crippen LogP contribution in [0, 0.1) is 0 Å². The SMILES string of the molecule is CCCOc1ccc(NC2COC(C)(C)OC2)cc1. The number of rotatable bonds is 5. The Kier molecular flexibility index (Phi) is 4.66. The van der Waals surface area contributed by atoms with Crippen molar-refractivity contribution in [3.05, 3.63) is 24.3 Å². The number of ether oxygens (including phenoxy) is 3. The van der Waals surface area contributed by atoms with Crippen molar-refractivity contribution in [3.63, 3.8) is 0 Å². The summed E-state index contributed by atoms with van der Waals surface area (Å²) in [7, 11) is 0. The van der Waals surface area contributed by atoms with Gasteiger partial charge in [0, 0.05) is 5.69 Å². The maximum Gasteiger partial charge on any atom is 0.162 e. The Hall–Kier alpha value is -1.26. The fraction of sp³-hybridized carbons (Fsp3) is 0.600. The third kappa shape index (κ3) is 4.40. The van der Waals surface area contributed by atoms with Crippen molar-refractivity contribution in [1.82, 2.24) is 0 Å². The van der Waals surface area contributed by atoms with Gasteiger partial charge in [0.1, 0.15) is 5.75 Å². The quantitative estimate of drug-likeness (QED) is 0.888. The largest absolute Gasteiger partial charge is 0.494 e. The molecule has 0 atom stereocenters. The molecule has 1 aliphatic heterocycles. The van der Waals surface area contributed by atoms with Crippen molar-refractivity contribution in [2.75, 3.05) is 25.1 Å². The Balaban J connectivity index is 1.83. The van der Waals surface area contributed by atoms with Crippen LogP contribution in [0.3, 0.4) is 0 Å². The summed E-state index contributed by atoms with van der Waals surface area (Å²) in [4.78, 5) is 0. The molecule has 1 heterocycles. The van der Waals surface area contributed by atoms with Gasteiger partial charge in [-0.1, -0.05) is 6.92 Å². The lowest BCUT2D eigenvalue weighted by Crippen LogP contribution is -2.45. The van der Waals surface area contributed by atoms with E-state index in [4.69, 9.17) is 14.2 Å². The fourth-order valence-electron chi connectivity index (χ4n) is 1.88. The fourth-order valence-corrected chi connectivity index (χ4v) is 1.88. The van der Waals surface area contributed by atoms with Crippen LogP contribution in [-0.4, -0.2) is 31.6 Å². The summed E-state index contributed by atoms with van der Waals surface area (Å²) in [6.45, 7) is 8.03. The van der Waals surface area contributed by atoms with Crippen LogP contribution in [-0.2, 0) is 9.47 Å². The molecule has 19 heavy (non-hydrogen) atoms. The summed E-state index contributed by atoms with van der Waals surface area (Å²) in [6.07, 6.45) is 1.02. The van der Waals surface area contributed by atoms with Gasteiger partial charge in [0.15, 0.2) is 5.79 Å². The van der Waals surface area contributed by atoms with E-state index in [9.17, 15) is 0 Å². The molecule has 1 aliphatic rings. The Bertz CT molecular complexity index is 379. The predicted molar refractivity (Wildman–Crippen MR) is 75.6 cm³/mol. The van der Waals surface area contributed by atoms with Gasteiger partial charge in [-0.15, -0.1) is 0 Å². The van der Waals surface area contributed by atoms with Crippen molar-refractivity contribution in [3.8, 4) is 5.75 Å². The Morgan fingerprint density at radius 3 is 2.42 bits per heavy atom. The maximum absolute atomic E-state index is 5.62. The van der Waals surface area contributed by atoms with Gasteiger partial charge in [0.25, 0.3) is 0 Å². The normalized spacial score (nSPS) is 19.1. The van der Waals surface area contributed by atoms with Crippen molar-refractivity contribution < 1.29 is 14.2 Å². The zero-order valence-electron chi connectivity index (χ0n) is 11.9. The second-order valence-corrected chi connectivity index (χ2v) is 5.24. The predicted octanol–water partition coefficient (Wildman–Crippen LogP) is 3.04. The first-order chi connectivity index (χ1) is 9.09. The average molecular weight is 265 g/mol. The minimum atomic E-state index is -0.462. The van der Waals surface area contributed by atoms with Crippen molar-refractivity contribution in [1.29, 1.82) is 0 Å². The summed E-state index contributed by atoms with van der Waals surface area (Å²) in [5.41, 5.74) is 1.06. The van der Waals surface area contributed by atoms with Crippen LogP contribution in [0.15, 0.2) is 24.3 Å². The van der Waals surface area contributed by atoms with Crippen LogP contribution in [0.2, 0.25) is 0 Å². The first-order valence-corrected chi connectivity index (χ1v) is 6.86. The number of nitrogens with one attached hydrogen (secondary N) is 1. The molecule has 0 bridgehead atoms. The minimum Gasteiger partial charge on any atom is -0.494 e. The molecule has 1 aromatic rings. The van der Waals surface area contributed by atoms with Crippen LogP contribution >= 0.6 is 0 Å². The van der Waals surface area contributed by atoms with E-state index in [2.05, 4.69) is 12.2 Å². The lowest BCUT2D eigenvalue weighted by Gasteiger charge is -2.35. The molecule has 0 unspecified atom stereocenters. The van der Waals surface area contributed by atoms with E-state index in [-0.39, 0.29) is 6.04 Å². The van der Waals surface area contributed by atoms with E-state index >= 15 is 0 Å². The zero-order valence-corrected chi connectivity index (χ0v) is 11.9. The summed E-state index contributed by atoms with van der Waals surface area (Å²) >= 11 is 0. The second-order valence-electron chi connectivity index (χ2n) is 5.24. The molecule has 1 N–H and O–H groups in total. The van der Waals surface area contributed by atoms with E-state index in [1.807, 2.05) is 38.1 Å². The monoisotopic (exact) mass is 265 g/mol. The smallest absolute Gasteiger partial charge is 0.162 e. The summed E-state index contributed by atoms with van der Waals surface area (Å²) < 4.78 is 16.8. The molecular formula is C15H23NO3. The van der Waals surface area contributed by atoms with Crippen molar-refractivity contribution in [2.24, 2.45) is 0 Å². The van der Waals surface area contributed by atoms with E-state index < -0.39 is 5.79 Å². The topological polar surface area (TPSA) is 39.7 Å². The standard InChI is InChI=1S/C15H23NO3/c1-4-9-17-14-7-5-12(6-8-14)16-13-10-18-15(2,3)19-11-13/h5-8,13,16H,4,9-11H2,1-3H3. The summed E-state index contributed by atoms with van der Waals surface area (Å²) in [5.74, 6) is 0.445. The maximum atomic E-state index is 5.62. The van der Waals surface area contributed by atoms with Gasteiger partial charge in [0.05, 0.1) is 25.9 Å². The molecule has 1 aromatic carbocycles. The highest BCUT2D eigenvalue weighted by molar-refractivity contribution is 5.47. The van der Waals surface area contributed by atoms with E-state index in [1.54, 1.807) is 0 Å². The molecular weight excluding hydrogens is 242 g/mol. The van der Waals surface area contributed by atoms with Gasteiger partial charge >= 0.3 is 0 Å². The number of hydrogen-bond donors (Lipinski definition) is 1. The average Bonchev–Trinajstić information content (AvgIpc) is 2.40. The van der Waals surface area contributed by atoms with E-state index in [0.717, 1.165) is 24.5 Å². The molecule has 4 nitrogen and oxygen atoms in total. The van der Waals surface area contributed by atoms with E-state index in [0.29, 0.717) is 13.2 Å². The molecule has 0 aromatic heterocycles. The van der Waals surface area contributed by atoms with Gasteiger partial charge in [-0.05, 0) is 44.5 Å². The summed E-state index contributed by atoms with van der Waals surface area (Å²) in [6, 6.07) is 8.18. The molecule has 0 spiro atoms. The molecule has 2 rings (SSSR count). The number of anilines is 1. The molecule has 106 valence electrons. The first-order valence-electron chi connectivity index (χ1n) is 6.86. The number of hydrogen-bond acceptors (Lipinski definition) is 4. The van der Waals surface area contributed by atoms with E-state index in [1.165, 1.54) is 0 Å². The van der Waals surface area contributed by atoms with Gasteiger partial charge < -0.3 is 19.5 Å². The second kappa shape index (κ2) is 6.26. The third-order valence-corrected chi connectivity index (χ3v) is 2.96. The van der Waals surface area contributed by atoms with Crippen LogP contribution in [0.1, 0.15) is 27.2 Å². The van der Waals surface area contributed by atoms with Gasteiger partial charge in [-0.3, -0.25) is 0 Å². The number of benzene rings is 1. The summed E-state index contributed by atoms with van der Waals surface area (Å²) in [5, 5.41) is 3.40. The lowest BCUT2D eigenvalue weighted by molar-refractivity contribution is -0.247. The van der Waals surface area contributed by atoms with Gasteiger partial charge in [0.2, 0.25) is 0 Å². The van der Waals surface area contributed by atoms with Gasteiger partial charge in [-0.2, -0.15) is 0 Å². The molecule has 0 aliphatic carbocycles. The minimum absolute atomic E-state index is 0.190. The first kappa shape index (κ1) is 14.2. The van der Waals surface area contributed by atoms with Crippen LogP contribution in [0.4, 0.5) is 5.69 Å². The molecule has 0 amide bonds. The zero-order chi connectivity index (χ0) is 13.7. The third-order valence-electron chi connectivity index (χ3n) is 2.96. The Morgan fingerprint density at radius 2 is 1.84 bits per heavy atom. The highest BCUT2D eigenvalue weighted by Gasteiger charge is 2.28. The van der Waals surface area contributed by atoms with Crippen LogP contribution in [0.25, 0.3) is 0 Å². The van der Waals surface area contributed by atoms with Crippen molar-refractivity contribution in [2.45, 2.75) is 39.0 Å². The van der Waals surface area contributed by atoms with Crippen LogP contribution in [0.5, 0.6) is 5.75 Å². The Morgan fingerprint density at radius 1 is 1.21 bits per heavy atom. The molecule has 4 heteroatoms. The molecule has 0 radical (unpaired) electrons. The Labute approximate surface area is 115 Å². The van der Waals surface area contributed by atoms with Crippen molar-refractivity contribution >= 4 is 5.69 Å². The van der Waals surface area contributed by atoms with Gasteiger partial charge in [-0.25, -0.2) is 0 Å². The van der Waals surface area contributed by atoms with Crippen LogP contribution < -0.4 is 10.1 Å². The molecule has 0 saturated carbocycles. The molecule has 1 saturated heterocycles. The lowest BCUT2D eigenvalue weighted by atomic mass is 10.2. The highest BCUT2D eigenvalue weighted by Crippen LogP contribution is 2.21. The highest BCUT2D eigenvalue weighted by atomic mass is 16.7.